The molecule has 0 N–H and O–H groups in total. The SMILES string of the molecule is Cc1ccccc1OCCCn1c(CN(C)C(=O)c2cccnc2)nc2ccccc21. The van der Waals surface area contributed by atoms with Crippen molar-refractivity contribution in [3.8, 4) is 5.75 Å². The maximum Gasteiger partial charge on any atom is 0.255 e. The number of ether oxygens (including phenoxy) is 1. The zero-order valence-corrected chi connectivity index (χ0v) is 17.9. The fraction of sp³-hybridized carbons (Fsp3) is 0.240. The van der Waals surface area contributed by atoms with Gasteiger partial charge in [0.25, 0.3) is 5.91 Å². The zero-order chi connectivity index (χ0) is 21.6. The second-order valence-electron chi connectivity index (χ2n) is 7.54. The highest BCUT2D eigenvalue weighted by Gasteiger charge is 2.17. The highest BCUT2D eigenvalue weighted by atomic mass is 16.5. The van der Waals surface area contributed by atoms with Gasteiger partial charge in [-0.3, -0.25) is 9.78 Å². The Morgan fingerprint density at radius 2 is 1.87 bits per heavy atom. The summed E-state index contributed by atoms with van der Waals surface area (Å²) >= 11 is 0. The Labute approximate surface area is 182 Å². The largest absolute Gasteiger partial charge is 0.493 e. The first-order valence-electron chi connectivity index (χ1n) is 10.4. The molecule has 1 amide bonds. The molecule has 6 heteroatoms. The molecule has 158 valence electrons. The van der Waals surface area contributed by atoms with Crippen LogP contribution in [0.4, 0.5) is 0 Å². The van der Waals surface area contributed by atoms with Gasteiger partial charge in [-0.05, 0) is 49.2 Å². The Bertz CT molecular complexity index is 1170. The molecule has 0 aliphatic carbocycles. The summed E-state index contributed by atoms with van der Waals surface area (Å²) in [5, 5.41) is 0. The number of para-hydroxylation sites is 3. The summed E-state index contributed by atoms with van der Waals surface area (Å²) in [4.78, 5) is 23.3. The van der Waals surface area contributed by atoms with E-state index in [1.165, 1.54) is 0 Å². The first-order valence-corrected chi connectivity index (χ1v) is 10.4. The fourth-order valence-corrected chi connectivity index (χ4v) is 3.61. The van der Waals surface area contributed by atoms with Crippen LogP contribution >= 0.6 is 0 Å². The van der Waals surface area contributed by atoms with Gasteiger partial charge in [-0.25, -0.2) is 4.98 Å². The molecule has 0 bridgehead atoms. The van der Waals surface area contributed by atoms with Crippen LogP contribution in [0.3, 0.4) is 0 Å². The molecular weight excluding hydrogens is 388 g/mol. The van der Waals surface area contributed by atoms with Crippen LogP contribution in [0.15, 0.2) is 73.1 Å². The number of imidazole rings is 1. The zero-order valence-electron chi connectivity index (χ0n) is 17.9. The van der Waals surface area contributed by atoms with Crippen molar-refractivity contribution < 1.29 is 9.53 Å². The number of carbonyl (C=O) groups is 1. The number of fused-ring (bicyclic) bond motifs is 1. The number of aromatic nitrogens is 3. The number of aryl methyl sites for hydroxylation is 2. The Kier molecular flexibility index (Phi) is 6.26. The van der Waals surface area contributed by atoms with Gasteiger partial charge >= 0.3 is 0 Å². The Balaban J connectivity index is 1.48. The van der Waals surface area contributed by atoms with Crippen molar-refractivity contribution in [2.45, 2.75) is 26.4 Å². The highest BCUT2D eigenvalue weighted by Crippen LogP contribution is 2.20. The van der Waals surface area contributed by atoms with Crippen molar-refractivity contribution in [3.63, 3.8) is 0 Å². The minimum Gasteiger partial charge on any atom is -0.493 e. The molecule has 0 aliphatic heterocycles. The molecule has 0 saturated heterocycles. The fourth-order valence-electron chi connectivity index (χ4n) is 3.61. The van der Waals surface area contributed by atoms with Crippen LogP contribution in [0.2, 0.25) is 0 Å². The number of amides is 1. The molecule has 2 aromatic heterocycles. The summed E-state index contributed by atoms with van der Waals surface area (Å²) in [6, 6.07) is 19.6. The van der Waals surface area contributed by atoms with Crippen LogP contribution in [0, 0.1) is 6.92 Å². The molecule has 4 rings (SSSR count). The van der Waals surface area contributed by atoms with Gasteiger partial charge in [-0.2, -0.15) is 0 Å². The molecule has 0 saturated carbocycles. The Morgan fingerprint density at radius 1 is 1.06 bits per heavy atom. The number of hydrogen-bond acceptors (Lipinski definition) is 4. The predicted octanol–water partition coefficient (Wildman–Crippen LogP) is 4.48. The van der Waals surface area contributed by atoms with E-state index >= 15 is 0 Å². The second kappa shape index (κ2) is 9.43. The van der Waals surface area contributed by atoms with Gasteiger partial charge in [0.1, 0.15) is 11.6 Å². The molecule has 4 aromatic rings. The van der Waals surface area contributed by atoms with Crippen LogP contribution < -0.4 is 4.74 Å². The topological polar surface area (TPSA) is 60.2 Å². The first kappa shape index (κ1) is 20.6. The standard InChI is InChI=1S/C25H26N4O2/c1-19-9-3-6-13-23(19)31-16-8-15-29-22-12-5-4-11-21(22)27-24(29)18-28(2)25(30)20-10-7-14-26-17-20/h3-7,9-14,17H,8,15-16,18H2,1-2H3. The third-order valence-electron chi connectivity index (χ3n) is 5.24. The maximum absolute atomic E-state index is 12.8. The van der Waals surface area contributed by atoms with Gasteiger partial charge in [0, 0.05) is 26.0 Å². The Hall–Kier alpha value is -3.67. The molecule has 0 radical (unpaired) electrons. The minimum atomic E-state index is -0.0745. The van der Waals surface area contributed by atoms with Gasteiger partial charge in [0.2, 0.25) is 0 Å². The summed E-state index contributed by atoms with van der Waals surface area (Å²) in [6.45, 7) is 3.84. The van der Waals surface area contributed by atoms with Crippen molar-refractivity contribution in [3.05, 3.63) is 90.0 Å². The molecule has 0 unspecified atom stereocenters. The summed E-state index contributed by atoms with van der Waals surface area (Å²) in [6.07, 6.45) is 4.09. The molecule has 31 heavy (non-hydrogen) atoms. The molecule has 0 aliphatic rings. The minimum absolute atomic E-state index is 0.0745. The van der Waals surface area contributed by atoms with E-state index in [2.05, 4.69) is 15.6 Å². The lowest BCUT2D eigenvalue weighted by atomic mass is 10.2. The van der Waals surface area contributed by atoms with Gasteiger partial charge in [0.05, 0.1) is 29.7 Å². The van der Waals surface area contributed by atoms with Crippen LogP contribution in [0.5, 0.6) is 5.75 Å². The number of pyridine rings is 1. The number of nitrogens with zero attached hydrogens (tertiary/aromatic N) is 4. The second-order valence-corrected chi connectivity index (χ2v) is 7.54. The molecule has 0 spiro atoms. The Morgan fingerprint density at radius 3 is 2.68 bits per heavy atom. The van der Waals surface area contributed by atoms with Crippen molar-refractivity contribution >= 4 is 16.9 Å². The van der Waals surface area contributed by atoms with E-state index < -0.39 is 0 Å². The van der Waals surface area contributed by atoms with Crippen LogP contribution in [0.25, 0.3) is 11.0 Å². The summed E-state index contributed by atoms with van der Waals surface area (Å²) in [5.74, 6) is 1.70. The van der Waals surface area contributed by atoms with Crippen molar-refractivity contribution in [2.24, 2.45) is 0 Å². The average molecular weight is 415 g/mol. The van der Waals surface area contributed by atoms with Gasteiger partial charge in [0.15, 0.2) is 0 Å². The van der Waals surface area contributed by atoms with Crippen LogP contribution in [0.1, 0.15) is 28.2 Å². The average Bonchev–Trinajstić information content (AvgIpc) is 3.14. The molecule has 6 nitrogen and oxygen atoms in total. The number of carbonyl (C=O) groups excluding carboxylic acids is 1. The number of rotatable bonds is 8. The van der Waals surface area contributed by atoms with E-state index in [9.17, 15) is 4.79 Å². The monoisotopic (exact) mass is 414 g/mol. The van der Waals surface area contributed by atoms with E-state index in [0.717, 1.165) is 41.1 Å². The van der Waals surface area contributed by atoms with Crippen molar-refractivity contribution in [2.75, 3.05) is 13.7 Å². The van der Waals surface area contributed by atoms with E-state index in [1.54, 1.807) is 36.5 Å². The van der Waals surface area contributed by atoms with Crippen molar-refractivity contribution in [1.29, 1.82) is 0 Å². The van der Waals surface area contributed by atoms with Gasteiger partial charge < -0.3 is 14.2 Å². The lowest BCUT2D eigenvalue weighted by molar-refractivity contribution is 0.0779. The van der Waals surface area contributed by atoms with Crippen LogP contribution in [-0.2, 0) is 13.1 Å². The summed E-state index contributed by atoms with van der Waals surface area (Å²) in [7, 11) is 1.79. The predicted molar refractivity (Wildman–Crippen MR) is 121 cm³/mol. The quantitative estimate of drug-likeness (QED) is 0.399. The van der Waals surface area contributed by atoms with E-state index in [4.69, 9.17) is 9.72 Å². The summed E-state index contributed by atoms with van der Waals surface area (Å²) < 4.78 is 8.14. The van der Waals surface area contributed by atoms with E-state index in [1.807, 2.05) is 49.4 Å². The molecule has 0 atom stereocenters. The van der Waals surface area contributed by atoms with Crippen LogP contribution in [-0.4, -0.2) is 39.0 Å². The maximum atomic E-state index is 12.8. The normalized spacial score (nSPS) is 10.9. The lowest BCUT2D eigenvalue weighted by Crippen LogP contribution is -2.28. The van der Waals surface area contributed by atoms with E-state index in [0.29, 0.717) is 18.7 Å². The highest BCUT2D eigenvalue weighted by molar-refractivity contribution is 5.93. The molecular formula is C25H26N4O2. The molecule has 2 aromatic carbocycles. The first-order chi connectivity index (χ1) is 15.1. The third kappa shape index (κ3) is 4.74. The smallest absolute Gasteiger partial charge is 0.255 e. The summed E-state index contributed by atoms with van der Waals surface area (Å²) in [5.41, 5.74) is 3.70. The van der Waals surface area contributed by atoms with Gasteiger partial charge in [-0.15, -0.1) is 0 Å². The van der Waals surface area contributed by atoms with E-state index in [-0.39, 0.29) is 5.91 Å². The number of hydrogen-bond donors (Lipinski definition) is 0. The van der Waals surface area contributed by atoms with Crippen molar-refractivity contribution in [1.82, 2.24) is 19.4 Å². The molecule has 2 heterocycles. The van der Waals surface area contributed by atoms with Gasteiger partial charge in [-0.1, -0.05) is 30.3 Å². The third-order valence-corrected chi connectivity index (χ3v) is 5.24. The number of benzene rings is 2. The molecule has 0 fully saturated rings. The lowest BCUT2D eigenvalue weighted by Gasteiger charge is -2.18.